The van der Waals surface area contributed by atoms with Gasteiger partial charge in [-0.3, -0.25) is 0 Å². The number of aromatic nitrogens is 3. The summed E-state index contributed by atoms with van der Waals surface area (Å²) < 4.78 is 4.10. The summed E-state index contributed by atoms with van der Waals surface area (Å²) in [4.78, 5) is 1.11. The van der Waals surface area contributed by atoms with Crippen molar-refractivity contribution in [3.8, 4) is 16.9 Å². The lowest BCUT2D eigenvalue weighted by Gasteiger charge is -1.94. The average Bonchev–Trinajstić information content (AvgIpc) is 3.10. The molecule has 0 spiro atoms. The summed E-state index contributed by atoms with van der Waals surface area (Å²) in [5.74, 6) is 0. The molecule has 0 amide bonds. The van der Waals surface area contributed by atoms with E-state index in [1.54, 1.807) is 11.3 Å². The number of fused-ring (bicyclic) bond motifs is 1. The van der Waals surface area contributed by atoms with Gasteiger partial charge in [-0.05, 0) is 12.1 Å². The minimum Gasteiger partial charge on any atom is -0.187 e. The normalized spacial score (nSPS) is 11.0. The molecule has 0 bridgehead atoms. The average molecular weight is 278 g/mol. The monoisotopic (exact) mass is 278 g/mol. The highest BCUT2D eigenvalue weighted by Crippen LogP contribution is 2.23. The largest absolute Gasteiger partial charge is 0.329 e. The van der Waals surface area contributed by atoms with Crippen LogP contribution in [0.1, 0.15) is 0 Å². The van der Waals surface area contributed by atoms with Crippen LogP contribution in [0.5, 0.6) is 0 Å². The van der Waals surface area contributed by atoms with Gasteiger partial charge in [0.25, 0.3) is 6.33 Å². The third-order valence-corrected chi connectivity index (χ3v) is 4.20. The van der Waals surface area contributed by atoms with Crippen LogP contribution in [0, 0.1) is 0 Å². The van der Waals surface area contributed by atoms with Gasteiger partial charge in [0.05, 0.1) is 0 Å². The minimum absolute atomic E-state index is 1.11. The molecule has 0 aliphatic rings. The van der Waals surface area contributed by atoms with E-state index in [4.69, 9.17) is 0 Å². The molecular formula is C16H12N3S+. The lowest BCUT2D eigenvalue weighted by atomic mass is 10.2. The molecule has 0 saturated carbocycles. The number of para-hydroxylation sites is 1. The molecule has 0 atom stereocenters. The lowest BCUT2D eigenvalue weighted by molar-refractivity contribution is -0.566. The van der Waals surface area contributed by atoms with Crippen LogP contribution >= 0.6 is 11.3 Å². The van der Waals surface area contributed by atoms with E-state index < -0.39 is 0 Å². The molecule has 4 heteroatoms. The zero-order valence-corrected chi connectivity index (χ0v) is 11.5. The van der Waals surface area contributed by atoms with Crippen molar-refractivity contribution in [2.45, 2.75) is 0 Å². The maximum absolute atomic E-state index is 4.52. The molecule has 2 heterocycles. The summed E-state index contributed by atoms with van der Waals surface area (Å²) in [5.41, 5.74) is 3.44. The molecule has 0 unspecified atom stereocenters. The molecule has 96 valence electrons. The van der Waals surface area contributed by atoms with Crippen molar-refractivity contribution in [1.82, 2.24) is 9.61 Å². The molecule has 0 saturated heterocycles. The summed E-state index contributed by atoms with van der Waals surface area (Å²) >= 11 is 1.70. The van der Waals surface area contributed by atoms with Gasteiger partial charge < -0.3 is 0 Å². The molecule has 20 heavy (non-hydrogen) atoms. The van der Waals surface area contributed by atoms with Crippen LogP contribution in [0.3, 0.4) is 0 Å². The Morgan fingerprint density at radius 1 is 0.900 bits per heavy atom. The maximum Gasteiger partial charge on any atom is 0.329 e. The fraction of sp³-hybridized carbons (Fsp3) is 0. The van der Waals surface area contributed by atoms with Crippen molar-refractivity contribution in [2.75, 3.05) is 0 Å². The second-order valence-electron chi connectivity index (χ2n) is 4.52. The minimum atomic E-state index is 1.11. The van der Waals surface area contributed by atoms with E-state index in [-0.39, 0.29) is 0 Å². The van der Waals surface area contributed by atoms with Crippen molar-refractivity contribution < 1.29 is 4.57 Å². The molecule has 2 aromatic carbocycles. The number of hydrogen-bond donors (Lipinski definition) is 0. The van der Waals surface area contributed by atoms with E-state index >= 15 is 0 Å². The Bertz CT molecular complexity index is 774. The van der Waals surface area contributed by atoms with E-state index in [1.807, 2.05) is 47.2 Å². The fourth-order valence-corrected chi connectivity index (χ4v) is 3.26. The van der Waals surface area contributed by atoms with Crippen LogP contribution in [0.2, 0.25) is 0 Å². The second kappa shape index (κ2) is 4.58. The number of rotatable bonds is 2. The lowest BCUT2D eigenvalue weighted by Crippen LogP contribution is -2.27. The van der Waals surface area contributed by atoms with Gasteiger partial charge in [0, 0.05) is 16.0 Å². The zero-order valence-electron chi connectivity index (χ0n) is 10.7. The summed E-state index contributed by atoms with van der Waals surface area (Å²) in [7, 11) is 0. The third-order valence-electron chi connectivity index (χ3n) is 3.28. The van der Waals surface area contributed by atoms with Crippen LogP contribution < -0.4 is 4.57 Å². The molecular weight excluding hydrogens is 266 g/mol. The Labute approximate surface area is 120 Å². The van der Waals surface area contributed by atoms with Crippen molar-refractivity contribution in [3.63, 3.8) is 0 Å². The molecule has 0 radical (unpaired) electrons. The Balaban J connectivity index is 1.91. The highest BCUT2D eigenvalue weighted by atomic mass is 32.1. The zero-order chi connectivity index (χ0) is 13.4. The van der Waals surface area contributed by atoms with Gasteiger partial charge in [0.2, 0.25) is 0 Å². The molecule has 3 nitrogen and oxygen atoms in total. The highest BCUT2D eigenvalue weighted by Gasteiger charge is 2.19. The highest BCUT2D eigenvalue weighted by molar-refractivity contribution is 7.15. The fourth-order valence-electron chi connectivity index (χ4n) is 2.30. The molecule has 4 aromatic rings. The number of nitrogens with zero attached hydrogens (tertiary/aromatic N) is 3. The maximum atomic E-state index is 4.52. The summed E-state index contributed by atoms with van der Waals surface area (Å²) in [6, 6.07) is 20.6. The van der Waals surface area contributed by atoms with Crippen LogP contribution in [-0.4, -0.2) is 9.61 Å². The first-order valence-corrected chi connectivity index (χ1v) is 7.29. The van der Waals surface area contributed by atoms with Gasteiger partial charge in [-0.2, -0.15) is 4.57 Å². The Morgan fingerprint density at radius 3 is 2.35 bits per heavy atom. The summed E-state index contributed by atoms with van der Waals surface area (Å²) in [5, 5.41) is 6.67. The van der Waals surface area contributed by atoms with Crippen LogP contribution in [-0.2, 0) is 0 Å². The van der Waals surface area contributed by atoms with Crippen molar-refractivity contribution in [2.24, 2.45) is 0 Å². The van der Waals surface area contributed by atoms with E-state index in [9.17, 15) is 0 Å². The van der Waals surface area contributed by atoms with Gasteiger partial charge in [-0.25, -0.2) is 0 Å². The summed E-state index contributed by atoms with van der Waals surface area (Å²) in [6.45, 7) is 0. The first-order valence-electron chi connectivity index (χ1n) is 6.41. The van der Waals surface area contributed by atoms with Gasteiger partial charge in [-0.1, -0.05) is 64.4 Å². The molecule has 0 N–H and O–H groups in total. The van der Waals surface area contributed by atoms with Crippen molar-refractivity contribution >= 4 is 16.3 Å². The molecule has 4 rings (SSSR count). The summed E-state index contributed by atoms with van der Waals surface area (Å²) in [6.07, 6.45) is 1.87. The predicted molar refractivity (Wildman–Crippen MR) is 80.0 cm³/mol. The second-order valence-corrected chi connectivity index (χ2v) is 5.35. The van der Waals surface area contributed by atoms with Gasteiger partial charge in [0.15, 0.2) is 5.69 Å². The third kappa shape index (κ3) is 1.73. The first-order chi connectivity index (χ1) is 9.93. The Morgan fingerprint density at radius 2 is 1.60 bits per heavy atom. The Hall–Kier alpha value is -2.46. The predicted octanol–water partition coefficient (Wildman–Crippen LogP) is 3.34. The standard InChI is InChI=1S/C16H12N3S/c1-3-7-13(8-4-1)15-11-20-16-18(12-17-19(15)16)14-9-5-2-6-10-14/h1-12H/q+1. The van der Waals surface area contributed by atoms with Crippen molar-refractivity contribution in [3.05, 3.63) is 72.4 Å². The molecule has 0 aliphatic heterocycles. The van der Waals surface area contributed by atoms with Gasteiger partial charge in [0.1, 0.15) is 5.69 Å². The van der Waals surface area contributed by atoms with E-state index in [1.165, 1.54) is 5.56 Å². The molecule has 0 fully saturated rings. The first kappa shape index (κ1) is 11.4. The van der Waals surface area contributed by atoms with E-state index in [2.05, 4.69) is 39.3 Å². The molecule has 0 aliphatic carbocycles. The van der Waals surface area contributed by atoms with E-state index in [0.29, 0.717) is 0 Å². The smallest absolute Gasteiger partial charge is 0.187 e. The SMILES string of the molecule is c1ccc(-c2csc3n2nc[n+]3-c2ccccc2)cc1. The van der Waals surface area contributed by atoms with Crippen LogP contribution in [0.4, 0.5) is 0 Å². The van der Waals surface area contributed by atoms with Gasteiger partial charge in [-0.15, -0.1) is 0 Å². The Kier molecular flexibility index (Phi) is 2.60. The number of thiazole rings is 1. The van der Waals surface area contributed by atoms with Crippen LogP contribution in [0.15, 0.2) is 72.4 Å². The topological polar surface area (TPSA) is 21.2 Å². The quantitative estimate of drug-likeness (QED) is 0.515. The number of benzene rings is 2. The van der Waals surface area contributed by atoms with Crippen molar-refractivity contribution in [1.29, 1.82) is 0 Å². The van der Waals surface area contributed by atoms with Crippen LogP contribution in [0.25, 0.3) is 21.9 Å². The van der Waals surface area contributed by atoms with Gasteiger partial charge >= 0.3 is 4.96 Å². The number of hydrogen-bond acceptors (Lipinski definition) is 2. The van der Waals surface area contributed by atoms with E-state index in [0.717, 1.165) is 16.3 Å². The molecule has 2 aromatic heterocycles.